The second-order valence-corrected chi connectivity index (χ2v) is 10.8. The fraction of sp³-hybridized carbons (Fsp3) is 0.0811. The minimum Gasteiger partial charge on any atom is -0.455 e. The van der Waals surface area contributed by atoms with Crippen LogP contribution in [-0.2, 0) is 0 Å². The summed E-state index contributed by atoms with van der Waals surface area (Å²) >= 11 is 0. The van der Waals surface area contributed by atoms with Crippen LogP contribution >= 0.6 is 0 Å². The van der Waals surface area contributed by atoms with Gasteiger partial charge in [0.2, 0.25) is 0 Å². The molecule has 0 bridgehead atoms. The lowest BCUT2D eigenvalue weighted by molar-refractivity contribution is 0.658. The SMILES string of the molecule is CC(C)c1cccc2c1oc1c(-c3cccc(-c4ccc5c(c4)c4ccccc4c4nccnc54)c3)cccc12. The summed E-state index contributed by atoms with van der Waals surface area (Å²) in [5.41, 5.74) is 9.65. The summed E-state index contributed by atoms with van der Waals surface area (Å²) in [6.45, 7) is 4.43. The van der Waals surface area contributed by atoms with Crippen LogP contribution in [0.2, 0.25) is 0 Å². The van der Waals surface area contributed by atoms with Crippen LogP contribution < -0.4 is 0 Å². The molecule has 0 saturated heterocycles. The van der Waals surface area contributed by atoms with Gasteiger partial charge in [-0.1, -0.05) is 105 Å². The first-order valence-electron chi connectivity index (χ1n) is 13.8. The van der Waals surface area contributed by atoms with E-state index in [0.717, 1.165) is 49.5 Å². The molecule has 2 heterocycles. The van der Waals surface area contributed by atoms with Gasteiger partial charge in [-0.15, -0.1) is 0 Å². The molecule has 0 N–H and O–H groups in total. The van der Waals surface area contributed by atoms with E-state index in [1.165, 1.54) is 32.8 Å². The van der Waals surface area contributed by atoms with Crippen molar-refractivity contribution in [2.24, 2.45) is 0 Å². The molecule has 0 atom stereocenters. The molecule has 0 amide bonds. The van der Waals surface area contributed by atoms with E-state index in [-0.39, 0.29) is 0 Å². The van der Waals surface area contributed by atoms with E-state index >= 15 is 0 Å². The van der Waals surface area contributed by atoms with E-state index in [9.17, 15) is 0 Å². The smallest absolute Gasteiger partial charge is 0.143 e. The number of hydrogen-bond acceptors (Lipinski definition) is 3. The summed E-state index contributed by atoms with van der Waals surface area (Å²) in [5.74, 6) is 0.392. The first-order valence-corrected chi connectivity index (χ1v) is 13.8. The van der Waals surface area contributed by atoms with E-state index in [1.54, 1.807) is 12.4 Å². The van der Waals surface area contributed by atoms with Crippen molar-refractivity contribution in [3.05, 3.63) is 121 Å². The molecule has 0 aliphatic heterocycles. The van der Waals surface area contributed by atoms with Crippen LogP contribution in [0, 0.1) is 0 Å². The maximum atomic E-state index is 6.61. The number of rotatable bonds is 3. The van der Waals surface area contributed by atoms with Gasteiger partial charge in [0.1, 0.15) is 11.2 Å². The topological polar surface area (TPSA) is 38.9 Å². The molecular formula is C37H26N2O. The summed E-state index contributed by atoms with van der Waals surface area (Å²) in [4.78, 5) is 9.38. The van der Waals surface area contributed by atoms with Crippen molar-refractivity contribution in [3.8, 4) is 22.3 Å². The summed E-state index contributed by atoms with van der Waals surface area (Å²) in [5, 5.41) is 6.96. The van der Waals surface area contributed by atoms with Crippen molar-refractivity contribution < 1.29 is 4.42 Å². The third kappa shape index (κ3) is 3.37. The summed E-state index contributed by atoms with van der Waals surface area (Å²) in [6, 6.07) is 36.9. The molecule has 0 unspecified atom stereocenters. The van der Waals surface area contributed by atoms with Gasteiger partial charge in [0.05, 0.1) is 11.0 Å². The molecule has 2 aromatic heterocycles. The molecule has 0 aliphatic rings. The Labute approximate surface area is 231 Å². The van der Waals surface area contributed by atoms with E-state index in [0.29, 0.717) is 5.92 Å². The number of fused-ring (bicyclic) bond motifs is 9. The lowest BCUT2D eigenvalue weighted by Crippen LogP contribution is -1.89. The molecule has 40 heavy (non-hydrogen) atoms. The molecule has 0 radical (unpaired) electrons. The quantitative estimate of drug-likeness (QED) is 0.220. The monoisotopic (exact) mass is 514 g/mol. The predicted molar refractivity (Wildman–Crippen MR) is 167 cm³/mol. The normalized spacial score (nSPS) is 12.0. The Morgan fingerprint density at radius 2 is 1.12 bits per heavy atom. The Bertz CT molecular complexity index is 2220. The van der Waals surface area contributed by atoms with Gasteiger partial charge in [0, 0.05) is 39.5 Å². The van der Waals surface area contributed by atoms with Crippen LogP contribution in [0.1, 0.15) is 25.3 Å². The molecule has 0 spiro atoms. The first-order chi connectivity index (χ1) is 19.7. The van der Waals surface area contributed by atoms with Crippen LogP contribution in [0.4, 0.5) is 0 Å². The Morgan fingerprint density at radius 3 is 1.93 bits per heavy atom. The van der Waals surface area contributed by atoms with Gasteiger partial charge in [0.25, 0.3) is 0 Å². The average molecular weight is 515 g/mol. The average Bonchev–Trinajstić information content (AvgIpc) is 3.40. The van der Waals surface area contributed by atoms with Crippen LogP contribution in [0.5, 0.6) is 0 Å². The summed E-state index contributed by atoms with van der Waals surface area (Å²) in [7, 11) is 0. The van der Waals surface area contributed by atoms with Gasteiger partial charge in [-0.25, -0.2) is 0 Å². The molecule has 3 heteroatoms. The Kier molecular flexibility index (Phi) is 5.02. The molecule has 0 fully saturated rings. The van der Waals surface area contributed by atoms with Crippen LogP contribution in [-0.4, -0.2) is 9.97 Å². The lowest BCUT2D eigenvalue weighted by Gasteiger charge is -2.11. The van der Waals surface area contributed by atoms with Crippen molar-refractivity contribution in [2.75, 3.05) is 0 Å². The van der Waals surface area contributed by atoms with Crippen molar-refractivity contribution in [1.29, 1.82) is 0 Å². The molecule has 6 aromatic carbocycles. The van der Waals surface area contributed by atoms with Gasteiger partial charge >= 0.3 is 0 Å². The minimum absolute atomic E-state index is 0.392. The third-order valence-corrected chi connectivity index (χ3v) is 8.13. The fourth-order valence-electron chi connectivity index (χ4n) is 6.20. The van der Waals surface area contributed by atoms with Gasteiger partial charge < -0.3 is 4.42 Å². The molecule has 0 saturated carbocycles. The summed E-state index contributed by atoms with van der Waals surface area (Å²) < 4.78 is 6.61. The molecule has 190 valence electrons. The summed E-state index contributed by atoms with van der Waals surface area (Å²) in [6.07, 6.45) is 3.55. The molecule has 3 nitrogen and oxygen atoms in total. The van der Waals surface area contributed by atoms with Crippen molar-refractivity contribution in [2.45, 2.75) is 19.8 Å². The largest absolute Gasteiger partial charge is 0.455 e. The zero-order valence-electron chi connectivity index (χ0n) is 22.3. The van der Waals surface area contributed by atoms with E-state index < -0.39 is 0 Å². The minimum atomic E-state index is 0.392. The van der Waals surface area contributed by atoms with Gasteiger partial charge in [0.15, 0.2) is 0 Å². The highest BCUT2D eigenvalue weighted by Gasteiger charge is 2.17. The third-order valence-electron chi connectivity index (χ3n) is 8.13. The van der Waals surface area contributed by atoms with E-state index in [4.69, 9.17) is 9.40 Å². The zero-order valence-corrected chi connectivity index (χ0v) is 22.3. The van der Waals surface area contributed by atoms with Crippen LogP contribution in [0.25, 0.3) is 76.8 Å². The Morgan fingerprint density at radius 1 is 0.500 bits per heavy atom. The van der Waals surface area contributed by atoms with Crippen molar-refractivity contribution in [1.82, 2.24) is 9.97 Å². The maximum absolute atomic E-state index is 6.61. The van der Waals surface area contributed by atoms with Gasteiger partial charge in [-0.05, 0) is 51.1 Å². The zero-order chi connectivity index (χ0) is 26.8. The standard InChI is InChI=1S/C37H26N2O/c1-22(2)26-12-6-14-31-32-15-7-13-27(37(32)40-36(26)31)25-9-5-8-23(20-25)24-16-17-30-33(21-24)28-10-3-4-11-29(28)34-35(30)39-19-18-38-34/h3-22H,1-2H3. The highest BCUT2D eigenvalue weighted by atomic mass is 16.3. The number of nitrogens with zero attached hydrogens (tertiary/aromatic N) is 2. The molecule has 8 rings (SSSR count). The number of aromatic nitrogens is 2. The van der Waals surface area contributed by atoms with Crippen molar-refractivity contribution in [3.63, 3.8) is 0 Å². The molecular weight excluding hydrogens is 488 g/mol. The van der Waals surface area contributed by atoms with Gasteiger partial charge in [-0.2, -0.15) is 0 Å². The second kappa shape index (κ2) is 8.75. The van der Waals surface area contributed by atoms with Crippen LogP contribution in [0.15, 0.2) is 120 Å². The second-order valence-electron chi connectivity index (χ2n) is 10.8. The number of hydrogen-bond donors (Lipinski definition) is 0. The molecule has 0 aliphatic carbocycles. The van der Waals surface area contributed by atoms with E-state index in [1.807, 2.05) is 0 Å². The highest BCUT2D eigenvalue weighted by Crippen LogP contribution is 2.40. The highest BCUT2D eigenvalue weighted by molar-refractivity contribution is 6.23. The Hall–Kier alpha value is -5.02. The number of benzene rings is 6. The van der Waals surface area contributed by atoms with E-state index in [2.05, 4.69) is 122 Å². The van der Waals surface area contributed by atoms with Gasteiger partial charge in [-0.3, -0.25) is 9.97 Å². The first kappa shape index (κ1) is 22.9. The Balaban J connectivity index is 1.32. The molecule has 8 aromatic rings. The van der Waals surface area contributed by atoms with Crippen LogP contribution in [0.3, 0.4) is 0 Å². The lowest BCUT2D eigenvalue weighted by atomic mass is 9.94. The number of furan rings is 1. The van der Waals surface area contributed by atoms with Crippen molar-refractivity contribution >= 4 is 54.5 Å². The maximum Gasteiger partial charge on any atom is 0.143 e. The fourth-order valence-corrected chi connectivity index (χ4v) is 6.20. The number of para-hydroxylation sites is 2. The predicted octanol–water partition coefficient (Wildman–Crippen LogP) is 10.3.